The van der Waals surface area contributed by atoms with Crippen LogP contribution in [-0.2, 0) is 6.54 Å². The molecule has 0 amide bonds. The van der Waals surface area contributed by atoms with E-state index in [0.717, 1.165) is 18.0 Å². The molecule has 1 aromatic carbocycles. The summed E-state index contributed by atoms with van der Waals surface area (Å²) in [5.41, 5.74) is 1.33. The van der Waals surface area contributed by atoms with Crippen molar-refractivity contribution in [3.8, 4) is 5.75 Å². The SMILES string of the molecule is COc1ccc2c(c1)CNC(I)(I)CS2. The number of hydrogen-bond acceptors (Lipinski definition) is 3. The van der Waals surface area contributed by atoms with E-state index in [1.54, 1.807) is 7.11 Å². The number of benzene rings is 1. The van der Waals surface area contributed by atoms with Crippen LogP contribution in [0.1, 0.15) is 5.56 Å². The molecule has 0 saturated heterocycles. The number of thioether (sulfide) groups is 1. The molecular formula is C10H11I2NOS. The minimum atomic E-state index is 0.145. The van der Waals surface area contributed by atoms with Crippen LogP contribution < -0.4 is 10.1 Å². The van der Waals surface area contributed by atoms with Gasteiger partial charge in [-0.1, -0.05) is 0 Å². The summed E-state index contributed by atoms with van der Waals surface area (Å²) >= 11 is 6.81. The summed E-state index contributed by atoms with van der Waals surface area (Å²) in [6, 6.07) is 6.29. The second kappa shape index (κ2) is 4.97. The van der Waals surface area contributed by atoms with Gasteiger partial charge in [0.1, 0.15) is 7.30 Å². The topological polar surface area (TPSA) is 21.3 Å². The highest BCUT2D eigenvalue weighted by Gasteiger charge is 2.25. The lowest BCUT2D eigenvalue weighted by Crippen LogP contribution is -2.33. The maximum absolute atomic E-state index is 5.23. The van der Waals surface area contributed by atoms with Gasteiger partial charge in [0, 0.05) is 17.2 Å². The van der Waals surface area contributed by atoms with Crippen LogP contribution >= 0.6 is 56.9 Å². The molecule has 5 heteroatoms. The van der Waals surface area contributed by atoms with Crippen LogP contribution in [0.5, 0.6) is 5.75 Å². The number of fused-ring (bicyclic) bond motifs is 1. The Morgan fingerprint density at radius 1 is 1.47 bits per heavy atom. The molecule has 0 fully saturated rings. The first-order chi connectivity index (χ1) is 7.11. The zero-order chi connectivity index (χ0) is 10.9. The van der Waals surface area contributed by atoms with Crippen molar-refractivity contribution in [3.63, 3.8) is 0 Å². The Hall–Kier alpha value is 0.790. The van der Waals surface area contributed by atoms with Crippen LogP contribution in [0.4, 0.5) is 0 Å². The van der Waals surface area contributed by atoms with Crippen LogP contribution in [0.2, 0.25) is 0 Å². The van der Waals surface area contributed by atoms with E-state index in [9.17, 15) is 0 Å². The minimum absolute atomic E-state index is 0.145. The molecular weight excluding hydrogens is 436 g/mol. The summed E-state index contributed by atoms with van der Waals surface area (Å²) in [6.07, 6.45) is 0. The normalized spacial score (nSPS) is 19.1. The van der Waals surface area contributed by atoms with Gasteiger partial charge in [-0.15, -0.1) is 11.8 Å². The van der Waals surface area contributed by atoms with Gasteiger partial charge >= 0.3 is 0 Å². The van der Waals surface area contributed by atoms with Crippen LogP contribution in [-0.4, -0.2) is 14.4 Å². The van der Waals surface area contributed by atoms with Gasteiger partial charge in [0.05, 0.1) is 7.11 Å². The average Bonchev–Trinajstić information content (AvgIpc) is 2.38. The molecule has 1 N–H and O–H groups in total. The third kappa shape index (κ3) is 3.13. The molecule has 1 aliphatic rings. The van der Waals surface area contributed by atoms with E-state index < -0.39 is 0 Å². The highest BCUT2D eigenvalue weighted by atomic mass is 127. The lowest BCUT2D eigenvalue weighted by molar-refractivity contribution is 0.413. The average molecular weight is 447 g/mol. The van der Waals surface area contributed by atoms with Gasteiger partial charge in [-0.3, -0.25) is 5.32 Å². The highest BCUT2D eigenvalue weighted by Crippen LogP contribution is 2.37. The molecule has 1 aliphatic heterocycles. The standard InChI is InChI=1S/C10H11I2NOS/c1-14-8-2-3-9-7(4-8)5-13-10(11,12)6-15-9/h2-4,13H,5-6H2,1H3. The summed E-state index contributed by atoms with van der Waals surface area (Å²) in [5, 5.41) is 3.53. The second-order valence-corrected chi connectivity index (χ2v) is 10.1. The fourth-order valence-corrected chi connectivity index (χ4v) is 3.64. The monoisotopic (exact) mass is 447 g/mol. The van der Waals surface area contributed by atoms with Crippen LogP contribution in [0.25, 0.3) is 0 Å². The number of nitrogens with one attached hydrogen (secondary N) is 1. The molecule has 0 saturated carbocycles. The number of halogens is 2. The predicted molar refractivity (Wildman–Crippen MR) is 81.3 cm³/mol. The summed E-state index contributed by atoms with van der Waals surface area (Å²) in [6.45, 7) is 0.908. The van der Waals surface area contributed by atoms with E-state index in [4.69, 9.17) is 4.74 Å². The van der Waals surface area contributed by atoms with E-state index in [1.807, 2.05) is 17.8 Å². The number of methoxy groups -OCH3 is 1. The Kier molecular flexibility index (Phi) is 4.06. The lowest BCUT2D eigenvalue weighted by atomic mass is 10.2. The summed E-state index contributed by atoms with van der Waals surface area (Å²) in [7, 11) is 1.71. The molecule has 0 unspecified atom stereocenters. The van der Waals surface area contributed by atoms with Gasteiger partial charge in [-0.25, -0.2) is 0 Å². The summed E-state index contributed by atoms with van der Waals surface area (Å²) in [4.78, 5) is 1.36. The Labute approximate surface area is 121 Å². The molecule has 0 bridgehead atoms. The van der Waals surface area contributed by atoms with Crippen molar-refractivity contribution >= 4 is 56.9 Å². The molecule has 2 nitrogen and oxygen atoms in total. The van der Waals surface area contributed by atoms with Crippen molar-refractivity contribution in [2.75, 3.05) is 12.9 Å². The van der Waals surface area contributed by atoms with Gasteiger partial charge < -0.3 is 4.74 Å². The minimum Gasteiger partial charge on any atom is -0.497 e. The molecule has 15 heavy (non-hydrogen) atoms. The largest absolute Gasteiger partial charge is 0.497 e. The fourth-order valence-electron chi connectivity index (χ4n) is 1.41. The van der Waals surface area contributed by atoms with Crippen LogP contribution in [0.3, 0.4) is 0 Å². The van der Waals surface area contributed by atoms with Crippen LogP contribution in [0, 0.1) is 0 Å². The maximum Gasteiger partial charge on any atom is 0.132 e. The first-order valence-corrected chi connectivity index (χ1v) is 7.67. The zero-order valence-corrected chi connectivity index (χ0v) is 13.4. The van der Waals surface area contributed by atoms with E-state index in [2.05, 4.69) is 62.6 Å². The van der Waals surface area contributed by atoms with E-state index in [-0.39, 0.29) is 1.55 Å². The van der Waals surface area contributed by atoms with Crippen molar-refractivity contribution in [3.05, 3.63) is 23.8 Å². The molecule has 1 aromatic rings. The molecule has 0 aliphatic carbocycles. The van der Waals surface area contributed by atoms with E-state index >= 15 is 0 Å². The van der Waals surface area contributed by atoms with E-state index in [0.29, 0.717) is 0 Å². The first kappa shape index (κ1) is 12.3. The third-order valence-electron chi connectivity index (χ3n) is 2.21. The predicted octanol–water partition coefficient (Wildman–Crippen LogP) is 3.41. The fraction of sp³-hybridized carbons (Fsp3) is 0.400. The van der Waals surface area contributed by atoms with Gasteiger partial charge in [-0.05, 0) is 68.9 Å². The quantitative estimate of drug-likeness (QED) is 0.406. The second-order valence-electron chi connectivity index (χ2n) is 3.32. The molecule has 0 spiro atoms. The lowest BCUT2D eigenvalue weighted by Gasteiger charge is -2.18. The van der Waals surface area contributed by atoms with Crippen molar-refractivity contribution in [1.82, 2.24) is 5.32 Å². The highest BCUT2D eigenvalue weighted by molar-refractivity contribution is 14.2. The van der Waals surface area contributed by atoms with Crippen molar-refractivity contribution in [2.24, 2.45) is 0 Å². The molecule has 0 aromatic heterocycles. The molecule has 2 rings (SSSR count). The molecule has 82 valence electrons. The van der Waals surface area contributed by atoms with Gasteiger partial charge in [0.25, 0.3) is 0 Å². The smallest absolute Gasteiger partial charge is 0.132 e. The number of rotatable bonds is 1. The van der Waals surface area contributed by atoms with Gasteiger partial charge in [0.2, 0.25) is 0 Å². The summed E-state index contributed by atoms with van der Waals surface area (Å²) in [5.74, 6) is 2.01. The van der Waals surface area contributed by atoms with Crippen LogP contribution in [0.15, 0.2) is 23.1 Å². The van der Waals surface area contributed by atoms with Gasteiger partial charge in [0.15, 0.2) is 0 Å². The Bertz CT molecular complexity index is 370. The molecule has 0 radical (unpaired) electrons. The Balaban J connectivity index is 2.27. The Morgan fingerprint density at radius 2 is 2.27 bits per heavy atom. The zero-order valence-electron chi connectivity index (χ0n) is 8.22. The first-order valence-electron chi connectivity index (χ1n) is 4.53. The third-order valence-corrected chi connectivity index (χ3v) is 6.06. The van der Waals surface area contributed by atoms with Crippen molar-refractivity contribution < 1.29 is 4.74 Å². The Morgan fingerprint density at radius 3 is 3.00 bits per heavy atom. The van der Waals surface area contributed by atoms with E-state index in [1.165, 1.54) is 10.5 Å². The number of alkyl halides is 2. The number of hydrogen-bond donors (Lipinski definition) is 1. The maximum atomic E-state index is 5.23. The van der Waals surface area contributed by atoms with Gasteiger partial charge in [-0.2, -0.15) is 0 Å². The summed E-state index contributed by atoms with van der Waals surface area (Å²) < 4.78 is 5.38. The number of ether oxygens (including phenoxy) is 1. The molecule has 1 heterocycles. The van der Waals surface area contributed by atoms with Crippen molar-refractivity contribution in [2.45, 2.75) is 13.0 Å². The molecule has 0 atom stereocenters. The van der Waals surface area contributed by atoms with Crippen molar-refractivity contribution in [1.29, 1.82) is 0 Å².